The van der Waals surface area contributed by atoms with Crippen LogP contribution in [0, 0.1) is 13.8 Å². The molecule has 0 saturated carbocycles. The minimum absolute atomic E-state index is 0.681. The topological polar surface area (TPSA) is 63.2 Å². The maximum Gasteiger partial charge on any atom is 0.169 e. The molecule has 188 valence electrons. The van der Waals surface area contributed by atoms with Gasteiger partial charge in [0, 0.05) is 32.6 Å². The van der Waals surface area contributed by atoms with Gasteiger partial charge in [0.25, 0.3) is 0 Å². The third kappa shape index (κ3) is 5.00. The Hall–Kier alpha value is -3.97. The number of hydrogen-bond donors (Lipinski definition) is 0. The molecule has 6 rings (SSSR count). The van der Waals surface area contributed by atoms with Crippen LogP contribution in [0.25, 0.3) is 16.7 Å². The Morgan fingerprint density at radius 3 is 2.46 bits per heavy atom. The molecule has 0 N–H and O–H groups in total. The lowest BCUT2D eigenvalue weighted by Gasteiger charge is -2.23. The molecule has 0 atom stereocenters. The third-order valence-electron chi connectivity index (χ3n) is 7.06. The van der Waals surface area contributed by atoms with Crippen LogP contribution in [0.1, 0.15) is 34.8 Å². The van der Waals surface area contributed by atoms with Crippen molar-refractivity contribution in [1.29, 1.82) is 0 Å². The van der Waals surface area contributed by atoms with Crippen molar-refractivity contribution in [2.45, 2.75) is 33.2 Å². The number of aryl methyl sites for hydroxylation is 2. The number of fused-ring (bicyclic) bond motifs is 1. The second kappa shape index (κ2) is 10.2. The Morgan fingerprint density at radius 1 is 0.838 bits per heavy atom. The number of benzene rings is 2. The van der Waals surface area contributed by atoms with Gasteiger partial charge in [0.15, 0.2) is 5.65 Å². The Labute approximate surface area is 217 Å². The molecule has 0 unspecified atom stereocenters. The smallest absolute Gasteiger partial charge is 0.169 e. The zero-order valence-corrected chi connectivity index (χ0v) is 21.5. The summed E-state index contributed by atoms with van der Waals surface area (Å²) in [5.41, 5.74) is 5.29. The molecule has 37 heavy (non-hydrogen) atoms. The van der Waals surface area contributed by atoms with Crippen molar-refractivity contribution in [3.8, 4) is 5.69 Å². The lowest BCUT2D eigenvalue weighted by Crippen LogP contribution is -2.31. The lowest BCUT2D eigenvalue weighted by atomic mass is 10.1. The van der Waals surface area contributed by atoms with Crippen LogP contribution in [-0.2, 0) is 13.0 Å². The van der Waals surface area contributed by atoms with Gasteiger partial charge in [0.05, 0.1) is 29.6 Å². The lowest BCUT2D eigenvalue weighted by molar-refractivity contribution is 0.260. The first-order chi connectivity index (χ1) is 18.1. The molecule has 0 bridgehead atoms. The number of furan rings is 1. The van der Waals surface area contributed by atoms with E-state index < -0.39 is 0 Å². The van der Waals surface area contributed by atoms with E-state index in [1.807, 2.05) is 28.9 Å². The van der Waals surface area contributed by atoms with E-state index in [0.717, 1.165) is 79.0 Å². The van der Waals surface area contributed by atoms with Gasteiger partial charge in [-0.15, -0.1) is 0 Å². The van der Waals surface area contributed by atoms with Gasteiger partial charge in [0.2, 0.25) is 0 Å². The van der Waals surface area contributed by atoms with Gasteiger partial charge in [-0.1, -0.05) is 48.0 Å². The van der Waals surface area contributed by atoms with Gasteiger partial charge in [-0.25, -0.2) is 14.6 Å². The monoisotopic (exact) mass is 492 g/mol. The highest BCUT2D eigenvalue weighted by Crippen LogP contribution is 2.30. The largest absolute Gasteiger partial charge is 0.468 e. The molecule has 1 fully saturated rings. The average Bonchev–Trinajstić information content (AvgIpc) is 3.47. The second-order valence-corrected chi connectivity index (χ2v) is 9.85. The van der Waals surface area contributed by atoms with E-state index in [4.69, 9.17) is 19.5 Å². The van der Waals surface area contributed by atoms with Gasteiger partial charge in [-0.05, 0) is 50.1 Å². The van der Waals surface area contributed by atoms with Crippen molar-refractivity contribution >= 4 is 16.9 Å². The molecule has 7 nitrogen and oxygen atoms in total. The molecular weight excluding hydrogens is 460 g/mol. The first-order valence-corrected chi connectivity index (χ1v) is 13.0. The molecule has 7 heteroatoms. The molecule has 0 radical (unpaired) electrons. The Kier molecular flexibility index (Phi) is 6.45. The summed E-state index contributed by atoms with van der Waals surface area (Å²) < 4.78 is 7.57. The predicted molar refractivity (Wildman–Crippen MR) is 146 cm³/mol. The van der Waals surface area contributed by atoms with Crippen LogP contribution < -0.4 is 4.90 Å². The highest BCUT2D eigenvalue weighted by Gasteiger charge is 2.24. The number of nitrogens with zero attached hydrogens (tertiary/aromatic N) is 6. The van der Waals surface area contributed by atoms with E-state index in [0.29, 0.717) is 6.42 Å². The fraction of sp³-hybridized carbons (Fsp3) is 0.300. The van der Waals surface area contributed by atoms with Crippen molar-refractivity contribution in [2.24, 2.45) is 0 Å². The Morgan fingerprint density at radius 2 is 1.68 bits per heavy atom. The quantitative estimate of drug-likeness (QED) is 0.319. The summed E-state index contributed by atoms with van der Waals surface area (Å²) in [5, 5.41) is 5.97. The number of anilines is 1. The Bertz CT molecular complexity index is 1470. The molecule has 1 aliphatic rings. The standard InChI is InChI=1S/C30H32N6O/c1-22-11-13-24(14-12-22)20-27-31-29(35-16-7-15-34(17-18-35)21-26-10-6-19-37-26)28-23(2)33-36(30(28)32-27)25-8-4-3-5-9-25/h3-6,8-14,19H,7,15-18,20-21H2,1-2H3. The van der Waals surface area contributed by atoms with Crippen molar-refractivity contribution in [3.63, 3.8) is 0 Å². The fourth-order valence-electron chi connectivity index (χ4n) is 5.11. The average molecular weight is 493 g/mol. The summed E-state index contributed by atoms with van der Waals surface area (Å²) in [7, 11) is 0. The zero-order valence-electron chi connectivity index (χ0n) is 21.5. The molecule has 2 aromatic carbocycles. The fourth-order valence-corrected chi connectivity index (χ4v) is 5.11. The van der Waals surface area contributed by atoms with Crippen LogP contribution >= 0.6 is 0 Å². The highest BCUT2D eigenvalue weighted by molar-refractivity contribution is 5.91. The van der Waals surface area contributed by atoms with Crippen molar-refractivity contribution in [3.05, 3.63) is 101 Å². The van der Waals surface area contributed by atoms with Crippen molar-refractivity contribution in [2.75, 3.05) is 31.1 Å². The zero-order chi connectivity index (χ0) is 25.2. The molecule has 3 aromatic heterocycles. The van der Waals surface area contributed by atoms with Crippen LogP contribution in [0.2, 0.25) is 0 Å². The predicted octanol–water partition coefficient (Wildman–Crippen LogP) is 5.33. The molecule has 4 heterocycles. The van der Waals surface area contributed by atoms with Crippen LogP contribution in [-0.4, -0.2) is 50.8 Å². The molecular formula is C30H32N6O. The van der Waals surface area contributed by atoms with Gasteiger partial charge >= 0.3 is 0 Å². The number of aromatic nitrogens is 4. The normalized spacial score (nSPS) is 14.8. The first kappa shape index (κ1) is 23.4. The summed E-state index contributed by atoms with van der Waals surface area (Å²) >= 11 is 0. The Balaban J connectivity index is 1.39. The summed E-state index contributed by atoms with van der Waals surface area (Å²) in [4.78, 5) is 15.1. The van der Waals surface area contributed by atoms with Crippen molar-refractivity contribution in [1.82, 2.24) is 24.6 Å². The molecule has 1 saturated heterocycles. The molecule has 1 aliphatic heterocycles. The second-order valence-electron chi connectivity index (χ2n) is 9.85. The van der Waals surface area contributed by atoms with Gasteiger partial charge in [-0.2, -0.15) is 5.10 Å². The molecule has 0 amide bonds. The maximum absolute atomic E-state index is 5.60. The van der Waals surface area contributed by atoms with E-state index in [1.54, 1.807) is 6.26 Å². The minimum atomic E-state index is 0.681. The third-order valence-corrected chi connectivity index (χ3v) is 7.06. The van der Waals surface area contributed by atoms with Crippen LogP contribution in [0.15, 0.2) is 77.4 Å². The first-order valence-electron chi connectivity index (χ1n) is 13.0. The van der Waals surface area contributed by atoms with Crippen LogP contribution in [0.4, 0.5) is 5.82 Å². The summed E-state index contributed by atoms with van der Waals surface area (Å²) in [6.07, 6.45) is 3.49. The minimum Gasteiger partial charge on any atom is -0.468 e. The summed E-state index contributed by atoms with van der Waals surface area (Å²) in [6.45, 7) is 8.84. The van der Waals surface area contributed by atoms with Crippen LogP contribution in [0.3, 0.4) is 0 Å². The maximum atomic E-state index is 5.60. The van der Waals surface area contributed by atoms with E-state index in [1.165, 1.54) is 11.1 Å². The van der Waals surface area contributed by atoms with E-state index >= 15 is 0 Å². The van der Waals surface area contributed by atoms with Crippen LogP contribution in [0.5, 0.6) is 0 Å². The van der Waals surface area contributed by atoms with Crippen molar-refractivity contribution < 1.29 is 4.42 Å². The number of hydrogen-bond acceptors (Lipinski definition) is 6. The van der Waals surface area contributed by atoms with Gasteiger partial charge in [0.1, 0.15) is 17.4 Å². The number of rotatable bonds is 6. The van der Waals surface area contributed by atoms with Gasteiger partial charge < -0.3 is 9.32 Å². The molecule has 0 spiro atoms. The summed E-state index contributed by atoms with van der Waals surface area (Å²) in [5.74, 6) is 2.82. The van der Waals surface area contributed by atoms with E-state index in [2.05, 4.69) is 66.1 Å². The molecule has 0 aliphatic carbocycles. The van der Waals surface area contributed by atoms with Gasteiger partial charge in [-0.3, -0.25) is 4.90 Å². The highest BCUT2D eigenvalue weighted by atomic mass is 16.3. The number of para-hydroxylation sites is 1. The molecule has 5 aromatic rings. The van der Waals surface area contributed by atoms with E-state index in [-0.39, 0.29) is 0 Å². The SMILES string of the molecule is Cc1ccc(Cc2nc(N3CCCN(Cc4ccco4)CC3)c3c(C)nn(-c4ccccc4)c3n2)cc1. The summed E-state index contributed by atoms with van der Waals surface area (Å²) in [6, 6.07) is 22.9. The van der Waals surface area contributed by atoms with E-state index in [9.17, 15) is 0 Å².